The van der Waals surface area contributed by atoms with Gasteiger partial charge >= 0.3 is 5.97 Å². The molecular weight excluding hydrogens is 300 g/mol. The van der Waals surface area contributed by atoms with Crippen molar-refractivity contribution in [2.24, 2.45) is 0 Å². The van der Waals surface area contributed by atoms with Gasteiger partial charge in [-0.15, -0.1) is 11.8 Å². The van der Waals surface area contributed by atoms with Crippen LogP contribution in [-0.2, 0) is 9.53 Å². The van der Waals surface area contributed by atoms with Crippen molar-refractivity contribution in [2.45, 2.75) is 4.90 Å². The fourth-order valence-electron chi connectivity index (χ4n) is 2.11. The number of rotatable bonds is 7. The first-order valence-electron chi connectivity index (χ1n) is 6.77. The Morgan fingerprint density at radius 1 is 1.27 bits per heavy atom. The van der Waals surface area contributed by atoms with Crippen LogP contribution < -0.4 is 9.47 Å². The Hall–Kier alpha value is -2.14. The van der Waals surface area contributed by atoms with Crippen molar-refractivity contribution in [1.82, 2.24) is 0 Å². The van der Waals surface area contributed by atoms with E-state index < -0.39 is 5.97 Å². The molecule has 2 aromatic rings. The zero-order chi connectivity index (χ0) is 15.9. The van der Waals surface area contributed by atoms with Crippen LogP contribution in [0.15, 0.2) is 47.9 Å². The Kier molecular flexibility index (Phi) is 5.72. The van der Waals surface area contributed by atoms with Gasteiger partial charge in [-0.1, -0.05) is 30.8 Å². The largest absolute Gasteiger partial charge is 0.496 e. The topological polar surface area (TPSA) is 44.8 Å². The van der Waals surface area contributed by atoms with Crippen LogP contribution in [0.4, 0.5) is 0 Å². The molecule has 0 aliphatic carbocycles. The van der Waals surface area contributed by atoms with E-state index in [0.29, 0.717) is 0 Å². The molecular formula is C17H18O4S. The molecule has 0 unspecified atom stereocenters. The molecule has 0 amide bonds. The third kappa shape index (κ3) is 3.54. The summed E-state index contributed by atoms with van der Waals surface area (Å²) in [6.45, 7) is 3.81. The monoisotopic (exact) mass is 318 g/mol. The van der Waals surface area contributed by atoms with Gasteiger partial charge in [-0.3, -0.25) is 0 Å². The second kappa shape index (κ2) is 7.75. The van der Waals surface area contributed by atoms with Gasteiger partial charge in [0.1, 0.15) is 24.7 Å². The Labute approximate surface area is 134 Å². The quantitative estimate of drug-likeness (QED) is 0.337. The molecule has 0 heterocycles. The third-order valence-corrected chi connectivity index (χ3v) is 3.85. The average molecular weight is 318 g/mol. The maximum Gasteiger partial charge on any atom is 0.330 e. The van der Waals surface area contributed by atoms with E-state index in [2.05, 4.69) is 6.58 Å². The van der Waals surface area contributed by atoms with Crippen molar-refractivity contribution in [3.63, 3.8) is 0 Å². The van der Waals surface area contributed by atoms with Gasteiger partial charge in [-0.2, -0.15) is 0 Å². The number of thioether (sulfide) groups is 1. The summed E-state index contributed by atoms with van der Waals surface area (Å²) in [6.07, 6.45) is 3.12. The number of fused-ring (bicyclic) bond motifs is 1. The predicted molar refractivity (Wildman–Crippen MR) is 88.9 cm³/mol. The Morgan fingerprint density at radius 3 is 2.64 bits per heavy atom. The zero-order valence-corrected chi connectivity index (χ0v) is 13.4. The van der Waals surface area contributed by atoms with Crippen LogP contribution in [0.5, 0.6) is 11.5 Å². The van der Waals surface area contributed by atoms with E-state index in [-0.39, 0.29) is 13.2 Å². The van der Waals surface area contributed by atoms with Gasteiger partial charge in [0.15, 0.2) is 0 Å². The smallest absolute Gasteiger partial charge is 0.330 e. The number of hydrogen-bond donors (Lipinski definition) is 0. The molecule has 0 aliphatic heterocycles. The maximum atomic E-state index is 11.0. The molecule has 0 spiro atoms. The van der Waals surface area contributed by atoms with Crippen LogP contribution in [-0.4, -0.2) is 32.5 Å². The van der Waals surface area contributed by atoms with Crippen molar-refractivity contribution >= 4 is 28.5 Å². The van der Waals surface area contributed by atoms with Gasteiger partial charge < -0.3 is 14.2 Å². The Bertz CT molecular complexity index is 682. The van der Waals surface area contributed by atoms with Gasteiger partial charge in [0.2, 0.25) is 0 Å². The number of hydrogen-bond acceptors (Lipinski definition) is 5. The Morgan fingerprint density at radius 2 is 2.00 bits per heavy atom. The second-order valence-electron chi connectivity index (χ2n) is 4.38. The third-order valence-electron chi connectivity index (χ3n) is 3.10. The number of carbonyl (C=O) groups is 1. The standard InChI is InChI=1S/C17H18O4S/c1-4-16(18)20-9-10-21-17-13-8-6-5-7-12(13)14(19-2)11-15(17)22-3/h4-8,11H,1,9-10H2,2-3H3. The predicted octanol–water partition coefficient (Wildman–Crippen LogP) is 3.68. The lowest BCUT2D eigenvalue weighted by Crippen LogP contribution is -2.10. The first-order valence-corrected chi connectivity index (χ1v) is 7.99. The summed E-state index contributed by atoms with van der Waals surface area (Å²) < 4.78 is 16.2. The molecule has 2 aromatic carbocycles. The van der Waals surface area contributed by atoms with Crippen LogP contribution >= 0.6 is 11.8 Å². The summed E-state index contributed by atoms with van der Waals surface area (Å²) in [5.74, 6) is 1.14. The van der Waals surface area contributed by atoms with Crippen molar-refractivity contribution in [1.29, 1.82) is 0 Å². The molecule has 0 aromatic heterocycles. The number of benzene rings is 2. The molecule has 0 fully saturated rings. The lowest BCUT2D eigenvalue weighted by atomic mass is 10.1. The highest BCUT2D eigenvalue weighted by atomic mass is 32.2. The fraction of sp³-hybridized carbons (Fsp3) is 0.235. The molecule has 0 atom stereocenters. The molecule has 22 heavy (non-hydrogen) atoms. The minimum atomic E-state index is -0.451. The van der Waals surface area contributed by atoms with E-state index >= 15 is 0 Å². The van der Waals surface area contributed by atoms with E-state index in [1.807, 2.05) is 36.6 Å². The summed E-state index contributed by atoms with van der Waals surface area (Å²) >= 11 is 1.58. The minimum Gasteiger partial charge on any atom is -0.496 e. The highest BCUT2D eigenvalue weighted by molar-refractivity contribution is 7.98. The number of esters is 1. The van der Waals surface area contributed by atoms with E-state index in [9.17, 15) is 4.79 Å². The first-order chi connectivity index (χ1) is 10.7. The minimum absolute atomic E-state index is 0.180. The van der Waals surface area contributed by atoms with Crippen LogP contribution in [0.25, 0.3) is 10.8 Å². The highest BCUT2D eigenvalue weighted by Gasteiger charge is 2.13. The molecule has 0 N–H and O–H groups in total. The molecule has 0 bridgehead atoms. The summed E-state index contributed by atoms with van der Waals surface area (Å²) in [6, 6.07) is 9.85. The number of ether oxygens (including phenoxy) is 3. The zero-order valence-electron chi connectivity index (χ0n) is 12.6. The molecule has 2 rings (SSSR count). The van der Waals surface area contributed by atoms with E-state index in [4.69, 9.17) is 14.2 Å². The van der Waals surface area contributed by atoms with E-state index in [1.54, 1.807) is 18.9 Å². The van der Waals surface area contributed by atoms with Crippen molar-refractivity contribution in [3.8, 4) is 11.5 Å². The lowest BCUT2D eigenvalue weighted by Gasteiger charge is -2.15. The molecule has 4 nitrogen and oxygen atoms in total. The van der Waals surface area contributed by atoms with Gasteiger partial charge in [0.05, 0.1) is 12.0 Å². The molecule has 0 radical (unpaired) electrons. The van der Waals surface area contributed by atoms with Gasteiger partial charge in [0, 0.05) is 16.8 Å². The SMILES string of the molecule is C=CC(=O)OCCOc1c(SC)cc(OC)c2ccccc12. The summed E-state index contributed by atoms with van der Waals surface area (Å²) in [7, 11) is 1.65. The summed E-state index contributed by atoms with van der Waals surface area (Å²) in [4.78, 5) is 12.0. The molecule has 0 aliphatic rings. The van der Waals surface area contributed by atoms with Gasteiger partial charge in [0.25, 0.3) is 0 Å². The number of methoxy groups -OCH3 is 1. The van der Waals surface area contributed by atoms with Crippen LogP contribution in [0, 0.1) is 0 Å². The van der Waals surface area contributed by atoms with Crippen LogP contribution in [0.1, 0.15) is 0 Å². The molecule has 0 saturated carbocycles. The molecule has 5 heteroatoms. The highest BCUT2D eigenvalue weighted by Crippen LogP contribution is 2.40. The van der Waals surface area contributed by atoms with Crippen LogP contribution in [0.2, 0.25) is 0 Å². The van der Waals surface area contributed by atoms with Gasteiger partial charge in [-0.05, 0) is 12.3 Å². The van der Waals surface area contributed by atoms with E-state index in [0.717, 1.165) is 33.2 Å². The normalized spacial score (nSPS) is 10.3. The molecule has 0 saturated heterocycles. The fourth-order valence-corrected chi connectivity index (χ4v) is 2.68. The summed E-state index contributed by atoms with van der Waals surface area (Å²) in [5, 5.41) is 1.96. The van der Waals surface area contributed by atoms with Crippen molar-refractivity contribution < 1.29 is 19.0 Å². The number of carbonyl (C=O) groups excluding carboxylic acids is 1. The van der Waals surface area contributed by atoms with E-state index in [1.165, 1.54) is 0 Å². The second-order valence-corrected chi connectivity index (χ2v) is 5.22. The Balaban J connectivity index is 2.27. The van der Waals surface area contributed by atoms with Crippen LogP contribution in [0.3, 0.4) is 0 Å². The summed E-state index contributed by atoms with van der Waals surface area (Å²) in [5.41, 5.74) is 0. The molecule has 116 valence electrons. The first kappa shape index (κ1) is 16.2. The van der Waals surface area contributed by atoms with Gasteiger partial charge in [-0.25, -0.2) is 4.79 Å². The lowest BCUT2D eigenvalue weighted by molar-refractivity contribution is -0.138. The maximum absolute atomic E-state index is 11.0. The average Bonchev–Trinajstić information content (AvgIpc) is 2.57. The van der Waals surface area contributed by atoms with Crippen molar-refractivity contribution in [3.05, 3.63) is 43.0 Å². The van der Waals surface area contributed by atoms with Crippen molar-refractivity contribution in [2.75, 3.05) is 26.6 Å².